The van der Waals surface area contributed by atoms with Crippen molar-refractivity contribution >= 4 is 23.1 Å². The van der Waals surface area contributed by atoms with Gasteiger partial charge in [0.2, 0.25) is 0 Å². The van der Waals surface area contributed by atoms with E-state index in [1.165, 1.54) is 23.1 Å². The molecule has 0 radical (unpaired) electrons. The molecule has 6 nitrogen and oxygen atoms in total. The zero-order valence-electron chi connectivity index (χ0n) is 10.8. The summed E-state index contributed by atoms with van der Waals surface area (Å²) >= 11 is 0. The highest BCUT2D eigenvalue weighted by molar-refractivity contribution is 6.52. The molecule has 1 amide bonds. The molecule has 0 aliphatic carbocycles. The van der Waals surface area contributed by atoms with Gasteiger partial charge in [-0.05, 0) is 18.4 Å². The summed E-state index contributed by atoms with van der Waals surface area (Å²) in [5.74, 6) is -0.858. The van der Waals surface area contributed by atoms with Gasteiger partial charge in [0, 0.05) is 18.7 Å². The number of nitrogens with zero attached hydrogens (tertiary/aromatic N) is 2. The van der Waals surface area contributed by atoms with Crippen LogP contribution in [0.1, 0.15) is 30.6 Å². The SMILES string of the molecule is CC(C)CCN1C(=O)C(=O)c2cc([N+](=O)[O-])ccc21. The maximum absolute atomic E-state index is 11.9. The van der Waals surface area contributed by atoms with Gasteiger partial charge < -0.3 is 4.90 Å². The normalized spacial score (nSPS) is 14.2. The Morgan fingerprint density at radius 3 is 2.58 bits per heavy atom. The van der Waals surface area contributed by atoms with E-state index in [2.05, 4.69) is 0 Å². The van der Waals surface area contributed by atoms with E-state index >= 15 is 0 Å². The van der Waals surface area contributed by atoms with Crippen molar-refractivity contribution in [1.29, 1.82) is 0 Å². The molecule has 0 saturated heterocycles. The van der Waals surface area contributed by atoms with Crippen LogP contribution in [0.5, 0.6) is 0 Å². The summed E-state index contributed by atoms with van der Waals surface area (Å²) in [6, 6.07) is 3.95. The smallest absolute Gasteiger partial charge is 0.299 e. The van der Waals surface area contributed by atoms with Gasteiger partial charge in [-0.1, -0.05) is 13.8 Å². The average Bonchev–Trinajstić information content (AvgIpc) is 2.59. The molecule has 2 rings (SSSR count). The van der Waals surface area contributed by atoms with Crippen LogP contribution in [-0.4, -0.2) is 23.2 Å². The second-order valence-corrected chi connectivity index (χ2v) is 4.93. The number of anilines is 1. The van der Waals surface area contributed by atoms with E-state index in [1.807, 2.05) is 13.8 Å². The third-order valence-electron chi connectivity index (χ3n) is 3.10. The lowest BCUT2D eigenvalue weighted by Gasteiger charge is -2.17. The third kappa shape index (κ3) is 2.33. The van der Waals surface area contributed by atoms with Crippen LogP contribution in [0.4, 0.5) is 11.4 Å². The van der Waals surface area contributed by atoms with Crippen LogP contribution in [0, 0.1) is 16.0 Å². The lowest BCUT2D eigenvalue weighted by molar-refractivity contribution is -0.384. The number of carbonyl (C=O) groups is 2. The molecule has 0 unspecified atom stereocenters. The summed E-state index contributed by atoms with van der Waals surface area (Å²) in [5.41, 5.74) is 0.426. The number of nitro benzene ring substituents is 1. The first-order valence-corrected chi connectivity index (χ1v) is 6.06. The fourth-order valence-electron chi connectivity index (χ4n) is 2.01. The Balaban J connectivity index is 2.36. The number of ketones is 1. The van der Waals surface area contributed by atoms with Gasteiger partial charge in [-0.3, -0.25) is 19.7 Å². The molecule has 0 atom stereocenters. The summed E-state index contributed by atoms with van der Waals surface area (Å²) in [4.78, 5) is 35.2. The van der Waals surface area contributed by atoms with Crippen LogP contribution in [0.3, 0.4) is 0 Å². The Hall–Kier alpha value is -2.24. The molecule has 0 saturated carbocycles. The Kier molecular flexibility index (Phi) is 3.33. The minimum Gasteiger partial charge on any atom is -0.305 e. The number of Topliss-reactive ketones (excluding diaryl/α,β-unsaturated/α-hetero) is 1. The van der Waals surface area contributed by atoms with E-state index in [-0.39, 0.29) is 11.3 Å². The van der Waals surface area contributed by atoms with Gasteiger partial charge in [0.05, 0.1) is 16.2 Å². The molecule has 0 fully saturated rings. The van der Waals surface area contributed by atoms with Crippen LogP contribution in [0.2, 0.25) is 0 Å². The summed E-state index contributed by atoms with van der Waals surface area (Å²) in [6.07, 6.45) is 0.773. The molecule has 0 N–H and O–H groups in total. The summed E-state index contributed by atoms with van der Waals surface area (Å²) < 4.78 is 0. The van der Waals surface area contributed by atoms with E-state index in [4.69, 9.17) is 0 Å². The first-order chi connectivity index (χ1) is 8.91. The molecule has 1 aromatic rings. The van der Waals surface area contributed by atoms with Crippen LogP contribution in [0.15, 0.2) is 18.2 Å². The fraction of sp³-hybridized carbons (Fsp3) is 0.385. The van der Waals surface area contributed by atoms with E-state index < -0.39 is 16.6 Å². The van der Waals surface area contributed by atoms with E-state index in [1.54, 1.807) is 0 Å². The van der Waals surface area contributed by atoms with Gasteiger partial charge in [-0.15, -0.1) is 0 Å². The van der Waals surface area contributed by atoms with Gasteiger partial charge in [-0.2, -0.15) is 0 Å². The van der Waals surface area contributed by atoms with Crippen LogP contribution in [-0.2, 0) is 4.79 Å². The number of carbonyl (C=O) groups excluding carboxylic acids is 2. The monoisotopic (exact) mass is 262 g/mol. The maximum atomic E-state index is 11.9. The van der Waals surface area contributed by atoms with Crippen molar-refractivity contribution in [1.82, 2.24) is 0 Å². The highest BCUT2D eigenvalue weighted by atomic mass is 16.6. The average molecular weight is 262 g/mol. The predicted molar refractivity (Wildman–Crippen MR) is 69.2 cm³/mol. The molecule has 1 aliphatic heterocycles. The van der Waals surface area contributed by atoms with Crippen molar-refractivity contribution in [3.8, 4) is 0 Å². The Bertz CT molecular complexity index is 566. The van der Waals surface area contributed by atoms with Crippen molar-refractivity contribution in [2.24, 2.45) is 5.92 Å². The third-order valence-corrected chi connectivity index (χ3v) is 3.10. The summed E-state index contributed by atoms with van der Waals surface area (Å²) in [6.45, 7) is 4.51. The minimum absolute atomic E-state index is 0.128. The first-order valence-electron chi connectivity index (χ1n) is 6.06. The zero-order valence-corrected chi connectivity index (χ0v) is 10.8. The molecule has 19 heavy (non-hydrogen) atoms. The Labute approximate surface area is 110 Å². The number of amides is 1. The highest BCUT2D eigenvalue weighted by Crippen LogP contribution is 2.32. The molecule has 1 heterocycles. The molecule has 1 aromatic carbocycles. The summed E-state index contributed by atoms with van der Waals surface area (Å²) in [7, 11) is 0. The molecular formula is C13H14N2O4. The van der Waals surface area contributed by atoms with Crippen molar-refractivity contribution in [3.63, 3.8) is 0 Å². The Morgan fingerprint density at radius 1 is 1.32 bits per heavy atom. The molecule has 0 spiro atoms. The topological polar surface area (TPSA) is 80.5 Å². The standard InChI is InChI=1S/C13H14N2O4/c1-8(2)5-6-14-11-4-3-9(15(18)19)7-10(11)12(16)13(14)17/h3-4,7-8H,5-6H2,1-2H3. The van der Waals surface area contributed by atoms with Crippen molar-refractivity contribution < 1.29 is 14.5 Å². The largest absolute Gasteiger partial charge is 0.305 e. The predicted octanol–water partition coefficient (Wildman–Crippen LogP) is 2.17. The molecule has 0 bridgehead atoms. The van der Waals surface area contributed by atoms with E-state index in [0.29, 0.717) is 18.2 Å². The van der Waals surface area contributed by atoms with Crippen molar-refractivity contribution in [2.45, 2.75) is 20.3 Å². The van der Waals surface area contributed by atoms with E-state index in [9.17, 15) is 19.7 Å². The maximum Gasteiger partial charge on any atom is 0.299 e. The number of hydrogen-bond acceptors (Lipinski definition) is 4. The number of hydrogen-bond donors (Lipinski definition) is 0. The van der Waals surface area contributed by atoms with Gasteiger partial charge in [0.25, 0.3) is 17.4 Å². The minimum atomic E-state index is -0.664. The number of rotatable bonds is 4. The Morgan fingerprint density at radius 2 is 2.00 bits per heavy atom. The lowest BCUT2D eigenvalue weighted by Crippen LogP contribution is -2.31. The van der Waals surface area contributed by atoms with Gasteiger partial charge in [0.15, 0.2) is 0 Å². The first kappa shape index (κ1) is 13.2. The lowest BCUT2D eigenvalue weighted by atomic mass is 10.1. The molecule has 0 aromatic heterocycles. The number of nitro groups is 1. The van der Waals surface area contributed by atoms with Crippen LogP contribution < -0.4 is 4.90 Å². The fourth-order valence-corrected chi connectivity index (χ4v) is 2.01. The summed E-state index contributed by atoms with van der Waals surface area (Å²) in [5, 5.41) is 10.7. The quantitative estimate of drug-likeness (QED) is 0.473. The van der Waals surface area contributed by atoms with Crippen LogP contribution >= 0.6 is 0 Å². The van der Waals surface area contributed by atoms with Gasteiger partial charge in [0.1, 0.15) is 0 Å². The number of non-ortho nitro benzene ring substituents is 1. The van der Waals surface area contributed by atoms with Gasteiger partial charge >= 0.3 is 0 Å². The molecule has 100 valence electrons. The van der Waals surface area contributed by atoms with E-state index in [0.717, 1.165) is 6.42 Å². The van der Waals surface area contributed by atoms with Crippen LogP contribution in [0.25, 0.3) is 0 Å². The highest BCUT2D eigenvalue weighted by Gasteiger charge is 2.36. The zero-order chi connectivity index (χ0) is 14.2. The van der Waals surface area contributed by atoms with Crippen molar-refractivity contribution in [3.05, 3.63) is 33.9 Å². The second kappa shape index (κ2) is 4.79. The number of benzene rings is 1. The van der Waals surface area contributed by atoms with Crippen molar-refractivity contribution in [2.75, 3.05) is 11.4 Å². The van der Waals surface area contributed by atoms with Gasteiger partial charge in [-0.25, -0.2) is 0 Å². The number of fused-ring (bicyclic) bond motifs is 1. The molecular weight excluding hydrogens is 248 g/mol. The molecule has 6 heteroatoms. The molecule has 1 aliphatic rings. The second-order valence-electron chi connectivity index (χ2n) is 4.93.